The molecule has 0 radical (unpaired) electrons. The molecule has 3 rings (SSSR count). The van der Waals surface area contributed by atoms with Crippen molar-refractivity contribution in [2.24, 2.45) is 0 Å². The maximum absolute atomic E-state index is 14.2. The fourth-order valence-corrected chi connectivity index (χ4v) is 3.73. The lowest BCUT2D eigenvalue weighted by atomic mass is 9.70. The van der Waals surface area contributed by atoms with Crippen molar-refractivity contribution >= 4 is 11.7 Å². The van der Waals surface area contributed by atoms with E-state index in [0.717, 1.165) is 5.56 Å². The molecule has 1 saturated heterocycles. The van der Waals surface area contributed by atoms with Crippen LogP contribution in [0.1, 0.15) is 35.7 Å². The minimum absolute atomic E-state index is 0.0509. The second kappa shape index (κ2) is 7.28. The van der Waals surface area contributed by atoms with Gasteiger partial charge in [-0.2, -0.15) is 0 Å². The highest BCUT2D eigenvalue weighted by Gasteiger charge is 2.41. The standard InChI is InChI=1S/C21H22FNO3/c1-15(24)21(16-7-4-3-5-8-16)11-13-23(14-12-21)20(25)19-17(22)9-6-10-18(19)26-2/h3-10H,11-14H2,1-2H3. The molecular weight excluding hydrogens is 333 g/mol. The summed E-state index contributed by atoms with van der Waals surface area (Å²) in [5.74, 6) is -0.674. The number of halogens is 1. The maximum atomic E-state index is 14.2. The van der Waals surface area contributed by atoms with Crippen LogP contribution in [0, 0.1) is 5.82 Å². The number of piperidine rings is 1. The number of ketones is 1. The van der Waals surface area contributed by atoms with Crippen LogP contribution in [0.15, 0.2) is 48.5 Å². The number of benzene rings is 2. The monoisotopic (exact) mass is 355 g/mol. The molecular formula is C21H22FNO3. The summed E-state index contributed by atoms with van der Waals surface area (Å²) in [5, 5.41) is 0. The summed E-state index contributed by atoms with van der Waals surface area (Å²) >= 11 is 0. The number of ether oxygens (including phenoxy) is 1. The molecule has 1 aliphatic heterocycles. The topological polar surface area (TPSA) is 46.6 Å². The highest BCUT2D eigenvalue weighted by Crippen LogP contribution is 2.37. The smallest absolute Gasteiger partial charge is 0.260 e. The number of Topliss-reactive ketones (excluding diaryl/α,β-unsaturated/α-hetero) is 1. The molecule has 0 saturated carbocycles. The summed E-state index contributed by atoms with van der Waals surface area (Å²) in [6, 6.07) is 14.0. The second-order valence-electron chi connectivity index (χ2n) is 6.61. The van der Waals surface area contributed by atoms with Crippen LogP contribution in [0.4, 0.5) is 4.39 Å². The normalized spacial score (nSPS) is 16.2. The van der Waals surface area contributed by atoms with E-state index >= 15 is 0 Å². The van der Waals surface area contributed by atoms with Crippen molar-refractivity contribution in [3.8, 4) is 5.75 Å². The number of amides is 1. The van der Waals surface area contributed by atoms with Crippen LogP contribution >= 0.6 is 0 Å². The zero-order valence-corrected chi connectivity index (χ0v) is 15.0. The van der Waals surface area contributed by atoms with Gasteiger partial charge in [0, 0.05) is 13.1 Å². The van der Waals surface area contributed by atoms with Crippen LogP contribution in [0.2, 0.25) is 0 Å². The van der Waals surface area contributed by atoms with Gasteiger partial charge in [-0.3, -0.25) is 9.59 Å². The van der Waals surface area contributed by atoms with Gasteiger partial charge in [0.15, 0.2) is 0 Å². The predicted molar refractivity (Wildman–Crippen MR) is 96.9 cm³/mol. The molecule has 26 heavy (non-hydrogen) atoms. The van der Waals surface area contributed by atoms with Crippen molar-refractivity contribution in [1.29, 1.82) is 0 Å². The Morgan fingerprint density at radius 3 is 2.27 bits per heavy atom. The second-order valence-corrected chi connectivity index (χ2v) is 6.61. The third-order valence-corrected chi connectivity index (χ3v) is 5.31. The average molecular weight is 355 g/mol. The molecule has 1 fully saturated rings. The third kappa shape index (κ3) is 3.09. The number of rotatable bonds is 4. The van der Waals surface area contributed by atoms with Crippen LogP contribution < -0.4 is 4.74 Å². The largest absolute Gasteiger partial charge is 0.496 e. The van der Waals surface area contributed by atoms with E-state index in [1.165, 1.54) is 19.2 Å². The number of methoxy groups -OCH3 is 1. The van der Waals surface area contributed by atoms with Gasteiger partial charge >= 0.3 is 0 Å². The van der Waals surface area contributed by atoms with Crippen LogP contribution in [0.5, 0.6) is 5.75 Å². The molecule has 136 valence electrons. The van der Waals surface area contributed by atoms with Crippen molar-refractivity contribution in [1.82, 2.24) is 4.90 Å². The molecule has 0 aliphatic carbocycles. The Morgan fingerprint density at radius 2 is 1.69 bits per heavy atom. The van der Waals surface area contributed by atoms with Gasteiger partial charge in [0.1, 0.15) is 22.9 Å². The van der Waals surface area contributed by atoms with E-state index < -0.39 is 17.1 Å². The van der Waals surface area contributed by atoms with Crippen molar-refractivity contribution in [2.45, 2.75) is 25.2 Å². The first-order chi connectivity index (χ1) is 12.5. The molecule has 5 heteroatoms. The van der Waals surface area contributed by atoms with E-state index in [1.807, 2.05) is 30.3 Å². The van der Waals surface area contributed by atoms with E-state index in [0.29, 0.717) is 25.9 Å². The molecule has 0 aromatic heterocycles. The van der Waals surface area contributed by atoms with Gasteiger partial charge in [-0.1, -0.05) is 36.4 Å². The Hall–Kier alpha value is -2.69. The first-order valence-electron chi connectivity index (χ1n) is 8.68. The molecule has 4 nitrogen and oxygen atoms in total. The third-order valence-electron chi connectivity index (χ3n) is 5.31. The minimum Gasteiger partial charge on any atom is -0.496 e. The van der Waals surface area contributed by atoms with Crippen molar-refractivity contribution in [3.05, 3.63) is 65.5 Å². The lowest BCUT2D eigenvalue weighted by Gasteiger charge is -2.40. The summed E-state index contributed by atoms with van der Waals surface area (Å²) in [7, 11) is 1.41. The molecule has 0 atom stereocenters. The summed E-state index contributed by atoms with van der Waals surface area (Å²) in [6.07, 6.45) is 1.05. The number of nitrogens with zero attached hydrogens (tertiary/aromatic N) is 1. The first-order valence-corrected chi connectivity index (χ1v) is 8.68. The van der Waals surface area contributed by atoms with E-state index in [2.05, 4.69) is 0 Å². The summed E-state index contributed by atoms with van der Waals surface area (Å²) < 4.78 is 19.4. The molecule has 0 bridgehead atoms. The zero-order valence-electron chi connectivity index (χ0n) is 15.0. The number of carbonyl (C=O) groups excluding carboxylic acids is 2. The maximum Gasteiger partial charge on any atom is 0.260 e. The summed E-state index contributed by atoms with van der Waals surface area (Å²) in [4.78, 5) is 26.9. The van der Waals surface area contributed by atoms with Gasteiger partial charge in [-0.25, -0.2) is 4.39 Å². The molecule has 0 N–H and O–H groups in total. The lowest BCUT2D eigenvalue weighted by molar-refractivity contribution is -0.124. The highest BCUT2D eigenvalue weighted by molar-refractivity contribution is 5.97. The molecule has 1 amide bonds. The van der Waals surface area contributed by atoms with Gasteiger partial charge in [0.25, 0.3) is 5.91 Å². The quantitative estimate of drug-likeness (QED) is 0.842. The van der Waals surface area contributed by atoms with Crippen LogP contribution in [0.3, 0.4) is 0 Å². The van der Waals surface area contributed by atoms with Gasteiger partial charge < -0.3 is 9.64 Å². The summed E-state index contributed by atoms with van der Waals surface area (Å²) in [5.41, 5.74) is 0.338. The number of carbonyl (C=O) groups is 2. The highest BCUT2D eigenvalue weighted by atomic mass is 19.1. The fourth-order valence-electron chi connectivity index (χ4n) is 3.73. The van der Waals surface area contributed by atoms with Gasteiger partial charge in [-0.05, 0) is 37.5 Å². The van der Waals surface area contributed by atoms with Gasteiger partial charge in [0.05, 0.1) is 12.5 Å². The molecule has 1 heterocycles. The van der Waals surface area contributed by atoms with Gasteiger partial charge in [0.2, 0.25) is 0 Å². The van der Waals surface area contributed by atoms with E-state index in [9.17, 15) is 14.0 Å². The minimum atomic E-state index is -0.596. The lowest BCUT2D eigenvalue weighted by Crippen LogP contribution is -2.48. The average Bonchev–Trinajstić information content (AvgIpc) is 2.67. The first kappa shape index (κ1) is 18.1. The van der Waals surface area contributed by atoms with Gasteiger partial charge in [-0.15, -0.1) is 0 Å². The Morgan fingerprint density at radius 1 is 1.04 bits per heavy atom. The fraction of sp³-hybridized carbons (Fsp3) is 0.333. The Kier molecular flexibility index (Phi) is 5.07. The predicted octanol–water partition coefficient (Wildman–Crippen LogP) is 3.60. The van der Waals surface area contributed by atoms with Crippen LogP contribution in [-0.2, 0) is 10.2 Å². The van der Waals surface area contributed by atoms with E-state index in [1.54, 1.807) is 17.9 Å². The van der Waals surface area contributed by atoms with Crippen molar-refractivity contribution in [3.63, 3.8) is 0 Å². The molecule has 0 unspecified atom stereocenters. The zero-order chi connectivity index (χ0) is 18.7. The molecule has 0 spiro atoms. The summed E-state index contributed by atoms with van der Waals surface area (Å²) in [6.45, 7) is 2.39. The Labute approximate surface area is 152 Å². The molecule has 2 aromatic rings. The number of hydrogen-bond donors (Lipinski definition) is 0. The number of likely N-dealkylation sites (tertiary alicyclic amines) is 1. The molecule has 1 aliphatic rings. The SMILES string of the molecule is COc1cccc(F)c1C(=O)N1CCC(C(C)=O)(c2ccccc2)CC1. The number of hydrogen-bond acceptors (Lipinski definition) is 3. The Bertz CT molecular complexity index is 811. The molecule has 2 aromatic carbocycles. The van der Waals surface area contributed by atoms with Crippen LogP contribution in [-0.4, -0.2) is 36.8 Å². The Balaban J connectivity index is 1.84. The van der Waals surface area contributed by atoms with E-state index in [-0.39, 0.29) is 17.1 Å². The van der Waals surface area contributed by atoms with Crippen molar-refractivity contribution < 1.29 is 18.7 Å². The van der Waals surface area contributed by atoms with Crippen LogP contribution in [0.25, 0.3) is 0 Å². The van der Waals surface area contributed by atoms with Crippen molar-refractivity contribution in [2.75, 3.05) is 20.2 Å². The van der Waals surface area contributed by atoms with E-state index in [4.69, 9.17) is 4.74 Å².